The normalized spacial score (nSPS) is 12.3. The molecule has 0 aliphatic rings. The van der Waals surface area contributed by atoms with E-state index in [1.54, 1.807) is 0 Å². The average Bonchev–Trinajstić information content (AvgIpc) is 2.58. The van der Waals surface area contributed by atoms with Gasteiger partial charge in [-0.05, 0) is 53.7 Å². The Kier molecular flexibility index (Phi) is 6.38. The Morgan fingerprint density at radius 3 is 2.26 bits per heavy atom. The Balaban J connectivity index is 2.17. The molecule has 0 saturated heterocycles. The molecule has 0 spiro atoms. The van der Waals surface area contributed by atoms with E-state index in [1.165, 1.54) is 61.7 Å². The number of alkyl halides is 3. The van der Waals surface area contributed by atoms with Gasteiger partial charge in [-0.3, -0.25) is 4.79 Å². The van der Waals surface area contributed by atoms with Crippen molar-refractivity contribution in [3.8, 4) is 5.75 Å². The number of rotatable bonds is 6. The third-order valence-corrected chi connectivity index (χ3v) is 5.26. The zero-order valence-corrected chi connectivity index (χ0v) is 15.9. The minimum atomic E-state index is -4.36. The number of benzene rings is 2. The Bertz CT molecular complexity index is 963. The van der Waals surface area contributed by atoms with Gasteiger partial charge in [-0.2, -0.15) is 13.2 Å². The van der Waals surface area contributed by atoms with Crippen molar-refractivity contribution in [3.05, 3.63) is 59.7 Å². The molecule has 0 saturated carbocycles. The summed E-state index contributed by atoms with van der Waals surface area (Å²) in [5, 5.41) is 0. The maximum absolute atomic E-state index is 12.3. The molecule has 0 radical (unpaired) electrons. The number of allylic oxidation sites excluding steroid dienone is 1. The molecule has 2 aromatic rings. The fourth-order valence-electron chi connectivity index (χ4n) is 2.18. The average molecular weight is 416 g/mol. The molecule has 0 bridgehead atoms. The summed E-state index contributed by atoms with van der Waals surface area (Å²) in [6.45, 7) is 0. The van der Waals surface area contributed by atoms with Gasteiger partial charge < -0.3 is 4.74 Å². The number of thioether (sulfide) groups is 1. The van der Waals surface area contributed by atoms with Crippen molar-refractivity contribution in [2.75, 3.05) is 13.4 Å². The second-order valence-corrected chi connectivity index (χ2v) is 8.57. The lowest BCUT2D eigenvalue weighted by atomic mass is 10.1. The van der Waals surface area contributed by atoms with Crippen LogP contribution in [0, 0.1) is 0 Å². The lowest BCUT2D eigenvalue weighted by Gasteiger charge is -2.08. The minimum Gasteiger partial charge on any atom is -0.495 e. The maximum atomic E-state index is 12.3. The van der Waals surface area contributed by atoms with Gasteiger partial charge in [-0.1, -0.05) is 18.2 Å². The smallest absolute Gasteiger partial charge is 0.446 e. The number of ether oxygens (including phenoxy) is 1. The first kappa shape index (κ1) is 21.0. The summed E-state index contributed by atoms with van der Waals surface area (Å²) in [6, 6.07) is 9.54. The highest BCUT2D eigenvalue weighted by Crippen LogP contribution is 2.36. The Labute approximate surface area is 159 Å². The van der Waals surface area contributed by atoms with Crippen LogP contribution in [0.2, 0.25) is 0 Å². The van der Waals surface area contributed by atoms with Gasteiger partial charge in [0, 0.05) is 16.7 Å². The van der Waals surface area contributed by atoms with Crippen LogP contribution in [-0.4, -0.2) is 33.1 Å². The van der Waals surface area contributed by atoms with Gasteiger partial charge in [0.2, 0.25) is 0 Å². The van der Waals surface area contributed by atoms with Crippen LogP contribution in [0.5, 0.6) is 5.75 Å². The van der Waals surface area contributed by atoms with E-state index in [2.05, 4.69) is 0 Å². The highest BCUT2D eigenvalue weighted by atomic mass is 32.2. The summed E-state index contributed by atoms with van der Waals surface area (Å²) < 4.78 is 65.3. The zero-order chi connectivity index (χ0) is 20.2. The molecule has 4 nitrogen and oxygen atoms in total. The van der Waals surface area contributed by atoms with E-state index < -0.39 is 21.1 Å². The summed E-state index contributed by atoms with van der Waals surface area (Å²) in [6.07, 6.45) is 3.75. The lowest BCUT2D eigenvalue weighted by molar-refractivity contribution is -0.0328. The van der Waals surface area contributed by atoms with Crippen LogP contribution >= 0.6 is 11.8 Å². The fraction of sp³-hybridized carbons (Fsp3) is 0.167. The van der Waals surface area contributed by atoms with Crippen molar-refractivity contribution in [3.63, 3.8) is 0 Å². The molecule has 9 heteroatoms. The van der Waals surface area contributed by atoms with E-state index in [-0.39, 0.29) is 32.9 Å². The monoisotopic (exact) mass is 416 g/mol. The molecule has 0 atom stereocenters. The minimum absolute atomic E-state index is 0.0247. The second-order valence-electron chi connectivity index (χ2n) is 5.45. The number of hydrogen-bond acceptors (Lipinski definition) is 5. The van der Waals surface area contributed by atoms with Gasteiger partial charge in [0.1, 0.15) is 10.6 Å². The van der Waals surface area contributed by atoms with Gasteiger partial charge >= 0.3 is 5.51 Å². The van der Waals surface area contributed by atoms with Crippen molar-refractivity contribution in [1.29, 1.82) is 0 Å². The quantitative estimate of drug-likeness (QED) is 0.391. The number of methoxy groups -OCH3 is 1. The molecule has 0 fully saturated rings. The standard InChI is InChI=1S/C18H15F3O4S2/c1-25-16-11-13(6-10-17(16)27(2,23)24)15(22)9-5-12-3-7-14(8-4-12)26-18(19,20)21/h3-11H,1-2H3/b9-5+. The van der Waals surface area contributed by atoms with Crippen LogP contribution < -0.4 is 4.74 Å². The molecule has 144 valence electrons. The first-order chi connectivity index (χ1) is 12.5. The topological polar surface area (TPSA) is 60.4 Å². The Morgan fingerprint density at radius 2 is 1.74 bits per heavy atom. The van der Waals surface area contributed by atoms with Crippen LogP contribution in [0.25, 0.3) is 6.08 Å². The van der Waals surface area contributed by atoms with Crippen molar-refractivity contribution in [1.82, 2.24) is 0 Å². The van der Waals surface area contributed by atoms with Crippen molar-refractivity contribution < 1.29 is 31.1 Å². The molecule has 0 amide bonds. The summed E-state index contributed by atoms with van der Waals surface area (Å²) in [5.74, 6) is -0.340. The number of sulfone groups is 1. The van der Waals surface area contributed by atoms with E-state index in [4.69, 9.17) is 4.74 Å². The third kappa shape index (κ3) is 6.14. The van der Waals surface area contributed by atoms with E-state index in [1.807, 2.05) is 0 Å². The number of carbonyl (C=O) groups is 1. The summed E-state index contributed by atoms with van der Waals surface area (Å²) in [7, 11) is -2.20. The van der Waals surface area contributed by atoms with Crippen LogP contribution in [0.1, 0.15) is 15.9 Å². The highest BCUT2D eigenvalue weighted by Gasteiger charge is 2.28. The molecule has 0 aliphatic carbocycles. The van der Waals surface area contributed by atoms with Gasteiger partial charge in [-0.25, -0.2) is 8.42 Å². The molecular formula is C18H15F3O4S2. The number of halogens is 3. The molecule has 0 aromatic heterocycles. The van der Waals surface area contributed by atoms with Gasteiger partial charge in [0.15, 0.2) is 15.6 Å². The van der Waals surface area contributed by atoms with Crippen LogP contribution in [0.3, 0.4) is 0 Å². The van der Waals surface area contributed by atoms with Gasteiger partial charge in [0.25, 0.3) is 0 Å². The molecule has 0 heterocycles. The number of carbonyl (C=O) groups excluding carboxylic acids is 1. The number of hydrogen-bond donors (Lipinski definition) is 0. The predicted octanol–water partition coefficient (Wildman–Crippen LogP) is 4.61. The molecule has 27 heavy (non-hydrogen) atoms. The molecule has 2 aromatic carbocycles. The summed E-state index contributed by atoms with van der Waals surface area (Å²) in [4.78, 5) is 12.3. The molecule has 2 rings (SSSR count). The van der Waals surface area contributed by atoms with E-state index in [0.29, 0.717) is 5.56 Å². The van der Waals surface area contributed by atoms with Gasteiger partial charge in [0.05, 0.1) is 7.11 Å². The summed E-state index contributed by atoms with van der Waals surface area (Å²) in [5.41, 5.74) is -3.58. The van der Waals surface area contributed by atoms with E-state index >= 15 is 0 Å². The lowest BCUT2D eigenvalue weighted by Crippen LogP contribution is -2.03. The van der Waals surface area contributed by atoms with Crippen LogP contribution in [0.15, 0.2) is 58.3 Å². The van der Waals surface area contributed by atoms with Crippen LogP contribution in [0.4, 0.5) is 13.2 Å². The largest absolute Gasteiger partial charge is 0.495 e. The second kappa shape index (κ2) is 8.18. The fourth-order valence-corrected chi connectivity index (χ4v) is 3.54. The Morgan fingerprint density at radius 1 is 1.11 bits per heavy atom. The third-order valence-electron chi connectivity index (χ3n) is 3.39. The predicted molar refractivity (Wildman–Crippen MR) is 97.8 cm³/mol. The first-order valence-corrected chi connectivity index (χ1v) is 10.2. The molecular weight excluding hydrogens is 401 g/mol. The first-order valence-electron chi connectivity index (χ1n) is 7.46. The van der Waals surface area contributed by atoms with Crippen molar-refractivity contribution in [2.24, 2.45) is 0 Å². The van der Waals surface area contributed by atoms with E-state index in [0.717, 1.165) is 6.26 Å². The van der Waals surface area contributed by atoms with Crippen molar-refractivity contribution >= 4 is 33.5 Å². The van der Waals surface area contributed by atoms with E-state index in [9.17, 15) is 26.4 Å². The highest BCUT2D eigenvalue weighted by molar-refractivity contribution is 8.00. The zero-order valence-electron chi connectivity index (χ0n) is 14.3. The maximum Gasteiger partial charge on any atom is 0.446 e. The SMILES string of the molecule is COc1cc(C(=O)/C=C/c2ccc(SC(F)(F)F)cc2)ccc1S(C)(=O)=O. The molecule has 0 unspecified atom stereocenters. The summed E-state index contributed by atoms with van der Waals surface area (Å²) >= 11 is -0.216. The number of ketones is 1. The van der Waals surface area contributed by atoms with Gasteiger partial charge in [-0.15, -0.1) is 0 Å². The van der Waals surface area contributed by atoms with Crippen molar-refractivity contribution in [2.45, 2.75) is 15.3 Å². The molecule has 0 N–H and O–H groups in total. The Hall–Kier alpha value is -2.26. The molecule has 0 aliphatic heterocycles. The van der Waals surface area contributed by atoms with Crippen LogP contribution in [-0.2, 0) is 9.84 Å².